The van der Waals surface area contributed by atoms with Crippen molar-refractivity contribution in [3.8, 4) is 22.9 Å². The maximum absolute atomic E-state index is 14.4. The Balaban J connectivity index is 1.73. The van der Waals surface area contributed by atoms with E-state index in [-0.39, 0.29) is 36.7 Å². The second kappa shape index (κ2) is 11.4. The number of benzene rings is 2. The molecular weight excluding hydrogens is 598 g/mol. The van der Waals surface area contributed by atoms with Crippen LogP contribution < -0.4 is 20.5 Å². The van der Waals surface area contributed by atoms with E-state index in [0.717, 1.165) is 4.57 Å². The van der Waals surface area contributed by atoms with Crippen molar-refractivity contribution in [3.63, 3.8) is 0 Å². The summed E-state index contributed by atoms with van der Waals surface area (Å²) in [6.07, 6.45) is 0.982. The molecule has 4 rings (SSSR count). The maximum atomic E-state index is 14.4. The van der Waals surface area contributed by atoms with Gasteiger partial charge in [-0.3, -0.25) is 4.79 Å². The lowest BCUT2D eigenvalue weighted by Gasteiger charge is -2.18. The molecule has 12 heteroatoms. The molecular formula is C25H22FIN4O6. The van der Waals surface area contributed by atoms with E-state index in [1.165, 1.54) is 30.5 Å². The number of pyridine rings is 1. The van der Waals surface area contributed by atoms with Crippen molar-refractivity contribution in [1.29, 1.82) is 0 Å². The first-order valence-corrected chi connectivity index (χ1v) is 12.2. The monoisotopic (exact) mass is 620 g/mol. The number of aliphatic hydroxyl groups is 1. The van der Waals surface area contributed by atoms with Gasteiger partial charge in [-0.25, -0.2) is 13.8 Å². The van der Waals surface area contributed by atoms with Gasteiger partial charge in [-0.15, -0.1) is 0 Å². The highest BCUT2D eigenvalue weighted by molar-refractivity contribution is 14.1. The molecule has 37 heavy (non-hydrogen) atoms. The number of ether oxygens (including phenoxy) is 1. The van der Waals surface area contributed by atoms with Gasteiger partial charge < -0.3 is 30.5 Å². The molecule has 0 radical (unpaired) electrons. The van der Waals surface area contributed by atoms with Gasteiger partial charge in [0.1, 0.15) is 29.9 Å². The Kier molecular flexibility index (Phi) is 8.08. The quantitative estimate of drug-likeness (QED) is 0.129. The Morgan fingerprint density at radius 1 is 1.22 bits per heavy atom. The predicted octanol–water partition coefficient (Wildman–Crippen LogP) is 2.72. The van der Waals surface area contributed by atoms with Crippen molar-refractivity contribution in [2.75, 3.05) is 18.5 Å². The number of carbonyl (C=O) groups excluding carboxylic acids is 1. The lowest BCUT2D eigenvalue weighted by molar-refractivity contribution is -0.614. The van der Waals surface area contributed by atoms with Gasteiger partial charge in [-0.05, 0) is 65.1 Å². The van der Waals surface area contributed by atoms with Crippen molar-refractivity contribution < 1.29 is 28.9 Å². The molecule has 4 N–H and O–H groups in total. The number of hydrogen-bond acceptors (Lipinski definition) is 6. The van der Waals surface area contributed by atoms with E-state index in [9.17, 15) is 24.3 Å². The van der Waals surface area contributed by atoms with Crippen molar-refractivity contribution in [3.05, 3.63) is 97.6 Å². The number of nitrogens with zero attached hydrogens (tertiary/aromatic N) is 2. The number of aromatic nitrogens is 3. The minimum atomic E-state index is -1.40. The van der Waals surface area contributed by atoms with Gasteiger partial charge in [0.05, 0.1) is 18.7 Å². The van der Waals surface area contributed by atoms with E-state index in [2.05, 4.69) is 10.3 Å². The van der Waals surface area contributed by atoms with Crippen LogP contribution in [0.25, 0.3) is 11.3 Å². The zero-order valence-electron chi connectivity index (χ0n) is 19.2. The van der Waals surface area contributed by atoms with Crippen LogP contribution in [0.4, 0.5) is 10.1 Å². The minimum absolute atomic E-state index is 0.0417. The largest absolute Gasteiger partial charge is 0.619 e. The molecule has 1 atom stereocenters. The molecule has 4 aromatic rings. The molecule has 192 valence electrons. The predicted molar refractivity (Wildman–Crippen MR) is 141 cm³/mol. The summed E-state index contributed by atoms with van der Waals surface area (Å²) in [5, 5.41) is 34.7. The van der Waals surface area contributed by atoms with E-state index in [1.807, 2.05) is 22.6 Å². The molecule has 0 saturated carbocycles. The first-order chi connectivity index (χ1) is 17.8. The Morgan fingerprint density at radius 2 is 1.97 bits per heavy atom. The summed E-state index contributed by atoms with van der Waals surface area (Å²) in [4.78, 5) is 28.9. The molecule has 0 spiro atoms. The molecule has 0 unspecified atom stereocenters. The molecule has 0 bridgehead atoms. The zero-order valence-corrected chi connectivity index (χ0v) is 21.4. The van der Waals surface area contributed by atoms with Gasteiger partial charge in [-0.1, -0.05) is 6.07 Å². The summed E-state index contributed by atoms with van der Waals surface area (Å²) in [5.74, 6) is -1.54. The minimum Gasteiger partial charge on any atom is -0.619 e. The molecule has 2 aromatic heterocycles. The lowest BCUT2D eigenvalue weighted by Crippen LogP contribution is -2.38. The van der Waals surface area contributed by atoms with Crippen LogP contribution in [-0.4, -0.2) is 38.9 Å². The zero-order chi connectivity index (χ0) is 26.5. The van der Waals surface area contributed by atoms with Crippen molar-refractivity contribution in [2.24, 2.45) is 0 Å². The molecule has 0 fully saturated rings. The van der Waals surface area contributed by atoms with Gasteiger partial charge in [-0.2, -0.15) is 4.73 Å². The highest BCUT2D eigenvalue weighted by atomic mass is 127. The number of anilines is 1. The lowest BCUT2D eigenvalue weighted by atomic mass is 10.1. The molecule has 1 amide bonds. The second-order valence-electron chi connectivity index (χ2n) is 7.95. The third-order valence-corrected chi connectivity index (χ3v) is 6.19. The Labute approximate surface area is 223 Å². The van der Waals surface area contributed by atoms with Gasteiger partial charge >= 0.3 is 5.69 Å². The highest BCUT2D eigenvalue weighted by Gasteiger charge is 2.31. The standard InChI is InChI=1S/C25H22FIN4O6/c26-19-13-16(27)6-9-20(19)28-23(33)21(14-17-3-1-2-10-30(17)36)31-24(34)22(29-25(31)35)15-4-7-18(8-5-15)37-12-11-32/h1-10,13,21,32,34H,11-12,14H2,(H,28,33)(H,29,35)/t21-/m0/s1. The van der Waals surface area contributed by atoms with Crippen LogP contribution >= 0.6 is 22.6 Å². The van der Waals surface area contributed by atoms with E-state index in [0.29, 0.717) is 19.6 Å². The fourth-order valence-electron chi connectivity index (χ4n) is 3.74. The number of halogens is 2. The molecule has 0 aliphatic heterocycles. The summed E-state index contributed by atoms with van der Waals surface area (Å²) < 4.78 is 21.8. The first-order valence-electron chi connectivity index (χ1n) is 11.1. The Bertz CT molecular complexity index is 1470. The summed E-state index contributed by atoms with van der Waals surface area (Å²) in [6.45, 7) is -0.0476. The third-order valence-electron chi connectivity index (χ3n) is 5.52. The molecule has 2 aromatic carbocycles. The number of hydrogen-bond donors (Lipinski definition) is 4. The third kappa shape index (κ3) is 5.91. The van der Waals surface area contributed by atoms with Crippen molar-refractivity contribution >= 4 is 34.2 Å². The van der Waals surface area contributed by atoms with E-state index < -0.39 is 29.3 Å². The van der Waals surface area contributed by atoms with Crippen molar-refractivity contribution in [1.82, 2.24) is 9.55 Å². The summed E-state index contributed by atoms with van der Waals surface area (Å²) >= 11 is 1.93. The number of nitrogens with one attached hydrogen (secondary N) is 2. The highest BCUT2D eigenvalue weighted by Crippen LogP contribution is 2.31. The Morgan fingerprint density at radius 3 is 2.65 bits per heavy atom. The SMILES string of the molecule is O=C(Nc1ccc(I)cc1F)[C@H](Cc1cccc[n+]1[O-])n1c(O)c(-c2ccc(OCCO)cc2)[nH]c1=O. The van der Waals surface area contributed by atoms with Crippen LogP contribution in [0.1, 0.15) is 11.7 Å². The number of carbonyl (C=O) groups is 1. The van der Waals surface area contributed by atoms with Crippen LogP contribution in [-0.2, 0) is 11.2 Å². The smallest absolute Gasteiger partial charge is 0.329 e. The van der Waals surface area contributed by atoms with E-state index >= 15 is 0 Å². The Hall–Kier alpha value is -3.91. The fourth-order valence-corrected chi connectivity index (χ4v) is 4.19. The van der Waals surface area contributed by atoms with E-state index in [4.69, 9.17) is 9.84 Å². The summed E-state index contributed by atoms with van der Waals surface area (Å²) in [7, 11) is 0. The van der Waals surface area contributed by atoms with Gasteiger partial charge in [0.2, 0.25) is 11.8 Å². The summed E-state index contributed by atoms with van der Waals surface area (Å²) in [6, 6.07) is 13.8. The number of rotatable bonds is 9. The number of aromatic amines is 1. The normalized spacial score (nSPS) is 11.8. The average Bonchev–Trinajstić information content (AvgIpc) is 3.17. The number of amides is 1. The molecule has 10 nitrogen and oxygen atoms in total. The average molecular weight is 620 g/mol. The first kappa shape index (κ1) is 26.2. The molecule has 0 aliphatic carbocycles. The number of H-pyrrole nitrogens is 1. The van der Waals surface area contributed by atoms with Crippen LogP contribution in [0.15, 0.2) is 71.7 Å². The maximum Gasteiger partial charge on any atom is 0.329 e. The van der Waals surface area contributed by atoms with Crippen LogP contribution in [0.5, 0.6) is 11.6 Å². The van der Waals surface area contributed by atoms with Crippen LogP contribution in [0, 0.1) is 14.6 Å². The van der Waals surface area contributed by atoms with E-state index in [1.54, 1.807) is 36.4 Å². The molecule has 0 saturated heterocycles. The van der Waals surface area contributed by atoms with Crippen LogP contribution in [0.3, 0.4) is 0 Å². The summed E-state index contributed by atoms with van der Waals surface area (Å²) in [5.41, 5.74) is -0.290. The fraction of sp³-hybridized carbons (Fsp3) is 0.160. The van der Waals surface area contributed by atoms with Gasteiger partial charge in [0, 0.05) is 21.3 Å². The van der Waals surface area contributed by atoms with Gasteiger partial charge in [0.15, 0.2) is 11.9 Å². The number of aromatic hydroxyl groups is 1. The number of imidazole rings is 1. The topological polar surface area (TPSA) is 144 Å². The second-order valence-corrected chi connectivity index (χ2v) is 9.19. The van der Waals surface area contributed by atoms with Gasteiger partial charge in [0.25, 0.3) is 0 Å². The molecule has 2 heterocycles. The molecule has 0 aliphatic rings. The van der Waals surface area contributed by atoms with Crippen LogP contribution in [0.2, 0.25) is 0 Å². The number of aliphatic hydroxyl groups excluding tert-OH is 1. The van der Waals surface area contributed by atoms with Crippen molar-refractivity contribution in [2.45, 2.75) is 12.5 Å².